The van der Waals surface area contributed by atoms with Crippen LogP contribution in [0.2, 0.25) is 0 Å². The van der Waals surface area contributed by atoms with Crippen LogP contribution < -0.4 is 4.90 Å². The quantitative estimate of drug-likeness (QED) is 0.213. The summed E-state index contributed by atoms with van der Waals surface area (Å²) in [6.07, 6.45) is 1.87. The van der Waals surface area contributed by atoms with Gasteiger partial charge in [-0.15, -0.1) is 10.2 Å². The van der Waals surface area contributed by atoms with Gasteiger partial charge < -0.3 is 5.11 Å². The van der Waals surface area contributed by atoms with Gasteiger partial charge in [-0.2, -0.15) is 0 Å². The van der Waals surface area contributed by atoms with Crippen LogP contribution in [0.4, 0.5) is 5.13 Å². The lowest BCUT2D eigenvalue weighted by Crippen LogP contribution is -2.29. The van der Waals surface area contributed by atoms with E-state index in [2.05, 4.69) is 10.2 Å². The number of carbonyl (C=O) groups excluding carboxylic acids is 2. The van der Waals surface area contributed by atoms with Crippen molar-refractivity contribution in [3.8, 4) is 0 Å². The lowest BCUT2D eigenvalue weighted by Gasteiger charge is -2.22. The van der Waals surface area contributed by atoms with Crippen molar-refractivity contribution in [1.29, 1.82) is 0 Å². The summed E-state index contributed by atoms with van der Waals surface area (Å²) in [4.78, 5) is 27.4. The number of Topliss-reactive ketones (excluding diaryl/α,β-unsaturated/α-hetero) is 1. The number of aliphatic hydroxyl groups is 1. The van der Waals surface area contributed by atoms with Gasteiger partial charge in [0.1, 0.15) is 5.76 Å². The highest BCUT2D eigenvalue weighted by molar-refractivity contribution is 8.00. The van der Waals surface area contributed by atoms with E-state index in [0.29, 0.717) is 15.0 Å². The van der Waals surface area contributed by atoms with Crippen LogP contribution in [0, 0.1) is 13.8 Å². The van der Waals surface area contributed by atoms with Crippen LogP contribution in [0.5, 0.6) is 0 Å². The van der Waals surface area contributed by atoms with E-state index in [1.165, 1.54) is 28.0 Å². The number of aliphatic hydroxyl groups excluding tert-OH is 1. The molecule has 1 aliphatic heterocycles. The molecular weight excluding hydrogens is 418 g/mol. The van der Waals surface area contributed by atoms with E-state index in [0.717, 1.165) is 16.7 Å². The number of aryl methyl sites for hydroxylation is 2. The van der Waals surface area contributed by atoms with Crippen molar-refractivity contribution in [3.05, 3.63) is 76.4 Å². The van der Waals surface area contributed by atoms with Gasteiger partial charge in [-0.3, -0.25) is 14.5 Å². The van der Waals surface area contributed by atoms with Crippen LogP contribution in [0.25, 0.3) is 5.76 Å². The number of amides is 1. The molecule has 2 heterocycles. The van der Waals surface area contributed by atoms with Crippen LogP contribution >= 0.6 is 23.1 Å². The first kappa shape index (κ1) is 20.3. The number of aromatic nitrogens is 2. The number of hydrogen-bond donors (Lipinski definition) is 1. The molecule has 0 spiro atoms. The molecule has 0 saturated carbocycles. The van der Waals surface area contributed by atoms with Crippen molar-refractivity contribution in [1.82, 2.24) is 10.2 Å². The van der Waals surface area contributed by atoms with Gasteiger partial charge in [0.05, 0.1) is 11.6 Å². The van der Waals surface area contributed by atoms with Gasteiger partial charge in [0.15, 0.2) is 4.34 Å². The van der Waals surface area contributed by atoms with E-state index in [1.807, 2.05) is 56.5 Å². The third kappa shape index (κ3) is 3.53. The number of hydrogen-bond acceptors (Lipinski definition) is 7. The van der Waals surface area contributed by atoms with E-state index in [9.17, 15) is 14.7 Å². The molecule has 0 radical (unpaired) electrons. The highest BCUT2D eigenvalue weighted by atomic mass is 32.2. The predicted molar refractivity (Wildman–Crippen MR) is 119 cm³/mol. The third-order valence-corrected chi connectivity index (χ3v) is 6.84. The molecule has 152 valence electrons. The van der Waals surface area contributed by atoms with Gasteiger partial charge in [0.25, 0.3) is 5.78 Å². The number of thioether (sulfide) groups is 1. The Morgan fingerprint density at radius 1 is 1.00 bits per heavy atom. The molecule has 1 amide bonds. The Morgan fingerprint density at radius 3 is 2.17 bits per heavy atom. The van der Waals surface area contributed by atoms with Gasteiger partial charge in [0, 0.05) is 5.56 Å². The second-order valence-corrected chi connectivity index (χ2v) is 9.01. The van der Waals surface area contributed by atoms with Gasteiger partial charge in [-0.1, -0.05) is 82.8 Å². The molecule has 30 heavy (non-hydrogen) atoms. The molecule has 1 fully saturated rings. The van der Waals surface area contributed by atoms with Gasteiger partial charge in [0.2, 0.25) is 5.13 Å². The molecule has 1 N–H and O–H groups in total. The summed E-state index contributed by atoms with van der Waals surface area (Å²) in [6, 6.07) is 13.9. The molecular formula is C22H19N3O3S2. The smallest absolute Gasteiger partial charge is 0.301 e. The van der Waals surface area contributed by atoms with Gasteiger partial charge in [-0.25, -0.2) is 0 Å². The molecule has 1 atom stereocenters. The monoisotopic (exact) mass is 437 g/mol. The Balaban J connectivity index is 1.92. The van der Waals surface area contributed by atoms with Crippen LogP contribution in [0.1, 0.15) is 28.3 Å². The Hall–Kier alpha value is -2.97. The second-order valence-electron chi connectivity index (χ2n) is 7.00. The topological polar surface area (TPSA) is 83.4 Å². The molecule has 6 nitrogen and oxygen atoms in total. The van der Waals surface area contributed by atoms with Crippen molar-refractivity contribution in [2.75, 3.05) is 11.2 Å². The Kier molecular flexibility index (Phi) is 5.44. The highest BCUT2D eigenvalue weighted by Crippen LogP contribution is 2.43. The molecule has 1 saturated heterocycles. The Bertz CT molecular complexity index is 1150. The van der Waals surface area contributed by atoms with Crippen molar-refractivity contribution >= 4 is 45.7 Å². The van der Waals surface area contributed by atoms with Crippen LogP contribution in [0.3, 0.4) is 0 Å². The Morgan fingerprint density at radius 2 is 1.60 bits per heavy atom. The van der Waals surface area contributed by atoms with E-state index < -0.39 is 17.7 Å². The predicted octanol–water partition coefficient (Wildman–Crippen LogP) is 4.50. The van der Waals surface area contributed by atoms with Crippen molar-refractivity contribution < 1.29 is 14.7 Å². The lowest BCUT2D eigenvalue weighted by atomic mass is 9.94. The number of rotatable bonds is 4. The van der Waals surface area contributed by atoms with Crippen LogP contribution in [0.15, 0.2) is 58.4 Å². The first-order valence-electron chi connectivity index (χ1n) is 9.23. The minimum atomic E-state index is -0.783. The number of benzene rings is 2. The summed E-state index contributed by atoms with van der Waals surface area (Å²) < 4.78 is 0.688. The van der Waals surface area contributed by atoms with Gasteiger partial charge in [-0.05, 0) is 25.7 Å². The summed E-state index contributed by atoms with van der Waals surface area (Å²) in [5.74, 6) is -1.66. The zero-order valence-electron chi connectivity index (χ0n) is 16.6. The summed E-state index contributed by atoms with van der Waals surface area (Å²) in [5.41, 5.74) is 3.33. The third-order valence-electron chi connectivity index (χ3n) is 4.94. The maximum absolute atomic E-state index is 13.0. The van der Waals surface area contributed by atoms with E-state index in [-0.39, 0.29) is 11.3 Å². The van der Waals surface area contributed by atoms with Gasteiger partial charge >= 0.3 is 5.91 Å². The minimum Gasteiger partial charge on any atom is -0.507 e. The molecule has 0 bridgehead atoms. The van der Waals surface area contributed by atoms with E-state index in [4.69, 9.17) is 0 Å². The normalized spacial score (nSPS) is 18.2. The van der Waals surface area contributed by atoms with Crippen LogP contribution in [-0.2, 0) is 9.59 Å². The SMILES string of the molecule is CSc1nnc(N2C(=O)C(=O)/C(=C(/O)c3ccc(C)cc3)C2c2ccc(C)cc2)s1. The highest BCUT2D eigenvalue weighted by Gasteiger charge is 2.48. The fourth-order valence-corrected chi connectivity index (χ4v) is 4.63. The zero-order chi connectivity index (χ0) is 21.4. The minimum absolute atomic E-state index is 0.0496. The van der Waals surface area contributed by atoms with E-state index in [1.54, 1.807) is 12.1 Å². The first-order valence-corrected chi connectivity index (χ1v) is 11.3. The number of carbonyl (C=O) groups is 2. The molecule has 3 aromatic rings. The second kappa shape index (κ2) is 8.04. The largest absolute Gasteiger partial charge is 0.507 e. The molecule has 2 aromatic carbocycles. The number of ketones is 1. The lowest BCUT2D eigenvalue weighted by molar-refractivity contribution is -0.132. The average molecular weight is 438 g/mol. The fraction of sp³-hybridized carbons (Fsp3) is 0.182. The molecule has 0 aliphatic carbocycles. The summed E-state index contributed by atoms with van der Waals surface area (Å²) in [5, 5.41) is 19.6. The van der Waals surface area contributed by atoms with Crippen molar-refractivity contribution in [2.24, 2.45) is 0 Å². The maximum atomic E-state index is 13.0. The molecule has 1 aliphatic rings. The number of nitrogens with zero attached hydrogens (tertiary/aromatic N) is 3. The average Bonchev–Trinajstić information content (AvgIpc) is 3.31. The Labute approximate surface area is 182 Å². The van der Waals surface area contributed by atoms with Crippen LogP contribution in [-0.4, -0.2) is 33.3 Å². The zero-order valence-corrected chi connectivity index (χ0v) is 18.3. The summed E-state index contributed by atoms with van der Waals surface area (Å²) in [7, 11) is 0. The molecule has 4 rings (SSSR count). The van der Waals surface area contributed by atoms with Crippen molar-refractivity contribution in [3.63, 3.8) is 0 Å². The molecule has 8 heteroatoms. The standard InChI is InChI=1S/C22H19N3O3S2/c1-12-4-8-14(9-5-12)17-16(18(26)15-10-6-13(2)7-11-15)19(27)20(28)25(17)21-23-24-22(29-3)30-21/h4-11,17,26H,1-3H3/b18-16+. The molecule has 1 unspecified atom stereocenters. The summed E-state index contributed by atoms with van der Waals surface area (Å²) in [6.45, 7) is 3.90. The van der Waals surface area contributed by atoms with E-state index >= 15 is 0 Å². The summed E-state index contributed by atoms with van der Waals surface area (Å²) >= 11 is 2.65. The van der Waals surface area contributed by atoms with Crippen molar-refractivity contribution in [2.45, 2.75) is 24.2 Å². The number of anilines is 1. The molecule has 1 aromatic heterocycles. The maximum Gasteiger partial charge on any atom is 0.301 e. The fourth-order valence-electron chi connectivity index (χ4n) is 3.34. The first-order chi connectivity index (χ1) is 14.4.